The van der Waals surface area contributed by atoms with Gasteiger partial charge in [-0.2, -0.15) is 12.7 Å². The van der Waals surface area contributed by atoms with Gasteiger partial charge in [0.15, 0.2) is 0 Å². The normalized spacial score (nSPS) is 14.9. The monoisotopic (exact) mass is 298 g/mol. The fraction of sp³-hybridized carbons (Fsp3) is 0.462. The number of carboxylic acid groups (broad SMARTS) is 1. The molecule has 6 nitrogen and oxygen atoms in total. The van der Waals surface area contributed by atoms with Crippen LogP contribution in [-0.4, -0.2) is 43.4 Å². The van der Waals surface area contributed by atoms with E-state index in [0.29, 0.717) is 18.7 Å². The Bertz CT molecular complexity index is 640. The standard InChI is InChI=1S/C13H18N2O4S/c1-9(2)14(3)20(18,19)15-7-6-10-8-11(13(16)17)4-5-12(10)15/h4-5,8-9H,6-7H2,1-3H3,(H,16,17). The van der Waals surface area contributed by atoms with Gasteiger partial charge in [-0.05, 0) is 44.0 Å². The Morgan fingerprint density at radius 1 is 1.40 bits per heavy atom. The van der Waals surface area contributed by atoms with Crippen molar-refractivity contribution in [3.8, 4) is 0 Å². The maximum Gasteiger partial charge on any atom is 0.335 e. The molecule has 0 amide bonds. The molecule has 20 heavy (non-hydrogen) atoms. The van der Waals surface area contributed by atoms with Gasteiger partial charge in [-0.3, -0.25) is 4.31 Å². The molecule has 0 atom stereocenters. The average Bonchev–Trinajstić information content (AvgIpc) is 2.80. The molecule has 0 unspecified atom stereocenters. The van der Waals surface area contributed by atoms with Crippen molar-refractivity contribution in [3.05, 3.63) is 29.3 Å². The van der Waals surface area contributed by atoms with E-state index >= 15 is 0 Å². The lowest BCUT2D eigenvalue weighted by atomic mass is 10.1. The van der Waals surface area contributed by atoms with Crippen LogP contribution in [0, 0.1) is 0 Å². The lowest BCUT2D eigenvalue weighted by Crippen LogP contribution is -2.44. The Kier molecular flexibility index (Phi) is 3.75. The first-order valence-corrected chi connectivity index (χ1v) is 7.76. The van der Waals surface area contributed by atoms with Gasteiger partial charge >= 0.3 is 16.2 Å². The first-order chi connectivity index (χ1) is 9.25. The molecule has 1 N–H and O–H groups in total. The molecule has 1 aliphatic heterocycles. The zero-order chi connectivity index (χ0) is 15.1. The first kappa shape index (κ1) is 14.8. The van der Waals surface area contributed by atoms with Crippen molar-refractivity contribution in [1.29, 1.82) is 0 Å². The van der Waals surface area contributed by atoms with E-state index in [1.807, 2.05) is 13.8 Å². The van der Waals surface area contributed by atoms with Gasteiger partial charge in [-0.25, -0.2) is 4.79 Å². The third kappa shape index (κ3) is 2.38. The van der Waals surface area contributed by atoms with E-state index in [1.54, 1.807) is 19.2 Å². The molecule has 0 aliphatic carbocycles. The quantitative estimate of drug-likeness (QED) is 0.909. The average molecular weight is 298 g/mol. The molecule has 1 aliphatic rings. The van der Waals surface area contributed by atoms with Crippen molar-refractivity contribution >= 4 is 21.9 Å². The zero-order valence-corrected chi connectivity index (χ0v) is 12.5. The largest absolute Gasteiger partial charge is 0.478 e. The molecule has 1 aromatic carbocycles. The predicted octanol–water partition coefficient (Wildman–Crippen LogP) is 1.33. The Morgan fingerprint density at radius 2 is 2.05 bits per heavy atom. The van der Waals surface area contributed by atoms with Crippen LogP contribution in [0.25, 0.3) is 0 Å². The van der Waals surface area contributed by atoms with Crippen molar-refractivity contribution in [2.24, 2.45) is 0 Å². The van der Waals surface area contributed by atoms with E-state index in [1.165, 1.54) is 14.7 Å². The summed E-state index contributed by atoms with van der Waals surface area (Å²) in [4.78, 5) is 10.9. The van der Waals surface area contributed by atoms with Gasteiger partial charge in [0.1, 0.15) is 0 Å². The molecule has 0 fully saturated rings. The summed E-state index contributed by atoms with van der Waals surface area (Å²) in [5.41, 5.74) is 1.51. The number of carboxylic acids is 1. The maximum absolute atomic E-state index is 12.5. The van der Waals surface area contributed by atoms with Crippen molar-refractivity contribution in [2.45, 2.75) is 26.3 Å². The SMILES string of the molecule is CC(C)N(C)S(=O)(=O)N1CCc2cc(C(=O)O)ccc21. The number of hydrogen-bond acceptors (Lipinski definition) is 3. The Balaban J connectivity index is 2.40. The van der Waals surface area contributed by atoms with Crippen LogP contribution in [0.5, 0.6) is 0 Å². The highest BCUT2D eigenvalue weighted by molar-refractivity contribution is 7.90. The van der Waals surface area contributed by atoms with Gasteiger partial charge in [0.2, 0.25) is 0 Å². The number of carbonyl (C=O) groups is 1. The minimum atomic E-state index is -3.57. The van der Waals surface area contributed by atoms with Crippen LogP contribution < -0.4 is 4.31 Å². The smallest absolute Gasteiger partial charge is 0.335 e. The molecule has 0 radical (unpaired) electrons. The first-order valence-electron chi connectivity index (χ1n) is 6.37. The number of hydrogen-bond donors (Lipinski definition) is 1. The van der Waals surface area contributed by atoms with Crippen LogP contribution >= 0.6 is 0 Å². The van der Waals surface area contributed by atoms with Crippen LogP contribution in [0.15, 0.2) is 18.2 Å². The molecule has 0 saturated heterocycles. The van der Waals surface area contributed by atoms with Gasteiger partial charge in [0.05, 0.1) is 11.3 Å². The number of fused-ring (bicyclic) bond motifs is 1. The molecule has 0 bridgehead atoms. The molecule has 110 valence electrons. The van der Waals surface area contributed by atoms with Crippen molar-refractivity contribution in [2.75, 3.05) is 17.9 Å². The summed E-state index contributed by atoms with van der Waals surface area (Å²) in [6.45, 7) is 3.96. The topological polar surface area (TPSA) is 77.9 Å². The Morgan fingerprint density at radius 3 is 2.60 bits per heavy atom. The van der Waals surface area contributed by atoms with Gasteiger partial charge in [-0.15, -0.1) is 0 Å². The number of benzene rings is 1. The molecule has 0 aromatic heterocycles. The fourth-order valence-electron chi connectivity index (χ4n) is 2.17. The minimum absolute atomic E-state index is 0.137. The van der Waals surface area contributed by atoms with Gasteiger partial charge in [0, 0.05) is 19.6 Å². The van der Waals surface area contributed by atoms with E-state index in [-0.39, 0.29) is 11.6 Å². The van der Waals surface area contributed by atoms with Crippen LogP contribution in [0.4, 0.5) is 5.69 Å². The van der Waals surface area contributed by atoms with E-state index in [0.717, 1.165) is 5.56 Å². The van der Waals surface area contributed by atoms with Gasteiger partial charge in [0.25, 0.3) is 0 Å². The third-order valence-corrected chi connectivity index (χ3v) is 5.63. The highest BCUT2D eigenvalue weighted by Crippen LogP contribution is 2.32. The second kappa shape index (κ2) is 5.06. The summed E-state index contributed by atoms with van der Waals surface area (Å²) in [7, 11) is -2.02. The van der Waals surface area contributed by atoms with Crippen molar-refractivity contribution < 1.29 is 18.3 Å². The van der Waals surface area contributed by atoms with E-state index in [2.05, 4.69) is 0 Å². The van der Waals surface area contributed by atoms with Gasteiger partial charge in [-0.1, -0.05) is 0 Å². The molecular weight excluding hydrogens is 280 g/mol. The van der Waals surface area contributed by atoms with Gasteiger partial charge < -0.3 is 5.11 Å². The second-order valence-corrected chi connectivity index (χ2v) is 7.00. The third-order valence-electron chi connectivity index (χ3n) is 3.55. The summed E-state index contributed by atoms with van der Waals surface area (Å²) in [5.74, 6) is -1.01. The summed E-state index contributed by atoms with van der Waals surface area (Å²) in [6.07, 6.45) is 0.529. The molecule has 7 heteroatoms. The highest BCUT2D eigenvalue weighted by atomic mass is 32.2. The number of nitrogens with zero attached hydrogens (tertiary/aromatic N) is 2. The van der Waals surface area contributed by atoms with Crippen LogP contribution in [0.3, 0.4) is 0 Å². The number of anilines is 1. The summed E-state index contributed by atoms with van der Waals surface area (Å²) < 4.78 is 27.6. The van der Waals surface area contributed by atoms with Crippen LogP contribution in [0.1, 0.15) is 29.8 Å². The van der Waals surface area contributed by atoms with E-state index < -0.39 is 16.2 Å². The molecule has 0 saturated carbocycles. The molecule has 1 heterocycles. The van der Waals surface area contributed by atoms with E-state index in [4.69, 9.17) is 5.11 Å². The lowest BCUT2D eigenvalue weighted by Gasteiger charge is -2.28. The summed E-state index contributed by atoms with van der Waals surface area (Å²) >= 11 is 0. The van der Waals surface area contributed by atoms with Crippen molar-refractivity contribution in [1.82, 2.24) is 4.31 Å². The lowest BCUT2D eigenvalue weighted by molar-refractivity contribution is 0.0697. The molecular formula is C13H18N2O4S. The highest BCUT2D eigenvalue weighted by Gasteiger charge is 2.33. The van der Waals surface area contributed by atoms with Crippen LogP contribution in [0.2, 0.25) is 0 Å². The molecule has 0 spiro atoms. The fourth-order valence-corrected chi connectivity index (χ4v) is 3.76. The van der Waals surface area contributed by atoms with Crippen LogP contribution in [-0.2, 0) is 16.6 Å². The van der Waals surface area contributed by atoms with E-state index in [9.17, 15) is 13.2 Å². The maximum atomic E-state index is 12.5. The Hall–Kier alpha value is -1.60. The second-order valence-electron chi connectivity index (χ2n) is 5.09. The minimum Gasteiger partial charge on any atom is -0.478 e. The number of rotatable bonds is 4. The molecule has 1 aromatic rings. The summed E-state index contributed by atoms with van der Waals surface area (Å²) in [6, 6.07) is 4.41. The van der Waals surface area contributed by atoms with Crippen molar-refractivity contribution in [3.63, 3.8) is 0 Å². The predicted molar refractivity (Wildman–Crippen MR) is 76.3 cm³/mol. The molecule has 2 rings (SSSR count). The number of aromatic carboxylic acids is 1. The summed E-state index contributed by atoms with van der Waals surface area (Å²) in [5, 5.41) is 8.96. The zero-order valence-electron chi connectivity index (χ0n) is 11.7. The Labute approximate surface area is 118 Å².